The maximum absolute atomic E-state index is 5.49. The van der Waals surface area contributed by atoms with E-state index in [0.717, 1.165) is 12.5 Å². The third-order valence-corrected chi connectivity index (χ3v) is 2.44. The predicted molar refractivity (Wildman–Crippen MR) is 74.5 cm³/mol. The molecule has 0 radical (unpaired) electrons. The molecule has 0 aromatic carbocycles. The van der Waals surface area contributed by atoms with Crippen molar-refractivity contribution in [2.75, 3.05) is 20.2 Å². The molecule has 0 fully saturated rings. The number of nitrogens with one attached hydrogen (secondary N) is 2. The van der Waals surface area contributed by atoms with E-state index >= 15 is 0 Å². The van der Waals surface area contributed by atoms with Gasteiger partial charge in [-0.2, -0.15) is 0 Å². The molecule has 0 saturated carbocycles. The first-order valence-electron chi connectivity index (χ1n) is 6.38. The standard InChI is InChI=1S/C13H29N3O/c1-8-14-12(16-10(2)3)15-9-11(17-7)13(4,5)6/h10-11H,8-9H2,1-7H3,(H2,14,15,16). The summed E-state index contributed by atoms with van der Waals surface area (Å²) in [5, 5.41) is 6.52. The highest BCUT2D eigenvalue weighted by Gasteiger charge is 2.24. The van der Waals surface area contributed by atoms with Gasteiger partial charge in [0.1, 0.15) is 0 Å². The van der Waals surface area contributed by atoms with Crippen molar-refractivity contribution in [3.8, 4) is 0 Å². The summed E-state index contributed by atoms with van der Waals surface area (Å²) in [6.45, 7) is 14.3. The summed E-state index contributed by atoms with van der Waals surface area (Å²) in [7, 11) is 1.74. The Morgan fingerprint density at radius 3 is 2.24 bits per heavy atom. The van der Waals surface area contributed by atoms with Crippen molar-refractivity contribution in [1.82, 2.24) is 10.6 Å². The summed E-state index contributed by atoms with van der Waals surface area (Å²) in [6, 6.07) is 0.378. The molecule has 0 aliphatic carbocycles. The van der Waals surface area contributed by atoms with Crippen LogP contribution in [-0.4, -0.2) is 38.3 Å². The molecule has 0 aromatic heterocycles. The first kappa shape index (κ1) is 16.2. The minimum absolute atomic E-state index is 0.105. The Morgan fingerprint density at radius 2 is 1.88 bits per heavy atom. The van der Waals surface area contributed by atoms with Gasteiger partial charge in [-0.05, 0) is 26.2 Å². The molecule has 4 heteroatoms. The minimum Gasteiger partial charge on any atom is -0.379 e. The van der Waals surface area contributed by atoms with E-state index in [1.54, 1.807) is 7.11 Å². The zero-order chi connectivity index (χ0) is 13.5. The average molecular weight is 243 g/mol. The molecule has 4 nitrogen and oxygen atoms in total. The molecule has 102 valence electrons. The number of hydrogen-bond donors (Lipinski definition) is 2. The highest BCUT2D eigenvalue weighted by Crippen LogP contribution is 2.21. The molecule has 17 heavy (non-hydrogen) atoms. The van der Waals surface area contributed by atoms with Gasteiger partial charge < -0.3 is 15.4 Å². The van der Waals surface area contributed by atoms with E-state index in [9.17, 15) is 0 Å². The molecule has 0 heterocycles. The Labute approximate surface area is 106 Å². The molecule has 0 bridgehead atoms. The molecule has 0 aliphatic heterocycles. The maximum Gasteiger partial charge on any atom is 0.191 e. The van der Waals surface area contributed by atoms with E-state index in [-0.39, 0.29) is 11.5 Å². The van der Waals surface area contributed by atoms with Crippen molar-refractivity contribution < 1.29 is 4.74 Å². The third-order valence-electron chi connectivity index (χ3n) is 2.44. The van der Waals surface area contributed by atoms with Crippen LogP contribution in [0.15, 0.2) is 4.99 Å². The fraction of sp³-hybridized carbons (Fsp3) is 0.923. The lowest BCUT2D eigenvalue weighted by Gasteiger charge is -2.28. The van der Waals surface area contributed by atoms with Gasteiger partial charge in [0.05, 0.1) is 12.6 Å². The monoisotopic (exact) mass is 243 g/mol. The average Bonchev–Trinajstić information content (AvgIpc) is 2.15. The molecule has 0 aliphatic rings. The first-order valence-corrected chi connectivity index (χ1v) is 6.38. The lowest BCUT2D eigenvalue weighted by Crippen LogP contribution is -2.42. The maximum atomic E-state index is 5.49. The summed E-state index contributed by atoms with van der Waals surface area (Å²) in [5.74, 6) is 0.855. The molecule has 0 saturated heterocycles. The van der Waals surface area contributed by atoms with Crippen LogP contribution in [0.5, 0.6) is 0 Å². The van der Waals surface area contributed by atoms with E-state index in [1.165, 1.54) is 0 Å². The Kier molecular flexibility index (Phi) is 7.19. The molecular formula is C13H29N3O. The van der Waals surface area contributed by atoms with Crippen LogP contribution in [0, 0.1) is 5.41 Å². The van der Waals surface area contributed by atoms with Crippen LogP contribution < -0.4 is 10.6 Å². The summed E-state index contributed by atoms with van der Waals surface area (Å²) in [4.78, 5) is 4.56. The molecule has 0 aromatic rings. The number of aliphatic imine (C=N–C) groups is 1. The summed E-state index contributed by atoms with van der Waals surface area (Å²) in [6.07, 6.45) is 0.130. The lowest BCUT2D eigenvalue weighted by molar-refractivity contribution is 0.0241. The number of guanidine groups is 1. The largest absolute Gasteiger partial charge is 0.379 e. The van der Waals surface area contributed by atoms with E-state index in [1.807, 2.05) is 0 Å². The molecule has 1 atom stereocenters. The van der Waals surface area contributed by atoms with Gasteiger partial charge in [-0.25, -0.2) is 0 Å². The number of rotatable bonds is 5. The van der Waals surface area contributed by atoms with E-state index < -0.39 is 0 Å². The zero-order valence-electron chi connectivity index (χ0n) is 12.4. The Hall–Kier alpha value is -0.770. The van der Waals surface area contributed by atoms with Crippen molar-refractivity contribution in [2.45, 2.75) is 53.7 Å². The molecular weight excluding hydrogens is 214 g/mol. The lowest BCUT2D eigenvalue weighted by atomic mass is 9.89. The molecule has 0 amide bonds. The minimum atomic E-state index is 0.105. The normalized spacial score (nSPS) is 14.9. The number of methoxy groups -OCH3 is 1. The fourth-order valence-corrected chi connectivity index (χ4v) is 1.47. The van der Waals surface area contributed by atoms with Crippen LogP contribution in [0.25, 0.3) is 0 Å². The predicted octanol–water partition coefficient (Wildman–Crippen LogP) is 2.01. The van der Waals surface area contributed by atoms with E-state index in [0.29, 0.717) is 12.6 Å². The SMILES string of the molecule is CCNC(=NCC(OC)C(C)(C)C)NC(C)C. The van der Waals surface area contributed by atoms with Crippen LogP contribution in [0.2, 0.25) is 0 Å². The Morgan fingerprint density at radius 1 is 1.29 bits per heavy atom. The number of ether oxygens (including phenoxy) is 1. The molecule has 2 N–H and O–H groups in total. The molecule has 1 unspecified atom stereocenters. The van der Waals surface area contributed by atoms with Crippen LogP contribution in [0.3, 0.4) is 0 Å². The second-order valence-electron chi connectivity index (χ2n) is 5.61. The van der Waals surface area contributed by atoms with Crippen LogP contribution in [0.4, 0.5) is 0 Å². The van der Waals surface area contributed by atoms with Crippen molar-refractivity contribution in [3.63, 3.8) is 0 Å². The van der Waals surface area contributed by atoms with Gasteiger partial charge in [0.2, 0.25) is 0 Å². The van der Waals surface area contributed by atoms with Crippen molar-refractivity contribution in [3.05, 3.63) is 0 Å². The van der Waals surface area contributed by atoms with E-state index in [2.05, 4.69) is 57.2 Å². The van der Waals surface area contributed by atoms with Crippen molar-refractivity contribution in [1.29, 1.82) is 0 Å². The Bertz CT molecular complexity index is 231. The summed E-state index contributed by atoms with van der Waals surface area (Å²) in [5.41, 5.74) is 0.105. The van der Waals surface area contributed by atoms with Gasteiger partial charge in [0, 0.05) is 19.7 Å². The molecule has 0 rings (SSSR count). The van der Waals surface area contributed by atoms with Crippen molar-refractivity contribution in [2.24, 2.45) is 10.4 Å². The van der Waals surface area contributed by atoms with Gasteiger partial charge in [0.25, 0.3) is 0 Å². The number of nitrogens with zero attached hydrogens (tertiary/aromatic N) is 1. The smallest absolute Gasteiger partial charge is 0.191 e. The third kappa shape index (κ3) is 7.21. The van der Waals surface area contributed by atoms with E-state index in [4.69, 9.17) is 4.74 Å². The zero-order valence-corrected chi connectivity index (χ0v) is 12.4. The first-order chi connectivity index (χ1) is 7.81. The van der Waals surface area contributed by atoms with Gasteiger partial charge >= 0.3 is 0 Å². The van der Waals surface area contributed by atoms with Crippen LogP contribution in [-0.2, 0) is 4.74 Å². The topological polar surface area (TPSA) is 45.7 Å². The second kappa shape index (κ2) is 7.54. The number of hydrogen-bond acceptors (Lipinski definition) is 2. The van der Waals surface area contributed by atoms with Gasteiger partial charge in [-0.15, -0.1) is 0 Å². The van der Waals surface area contributed by atoms with Gasteiger partial charge in [-0.3, -0.25) is 4.99 Å². The van der Waals surface area contributed by atoms with Crippen molar-refractivity contribution >= 4 is 5.96 Å². The quantitative estimate of drug-likeness (QED) is 0.573. The summed E-state index contributed by atoms with van der Waals surface area (Å²) < 4.78 is 5.49. The summed E-state index contributed by atoms with van der Waals surface area (Å²) >= 11 is 0. The fourth-order valence-electron chi connectivity index (χ4n) is 1.47. The van der Waals surface area contributed by atoms with Crippen LogP contribution in [0.1, 0.15) is 41.5 Å². The van der Waals surface area contributed by atoms with Gasteiger partial charge in [-0.1, -0.05) is 20.8 Å². The molecule has 0 spiro atoms. The van der Waals surface area contributed by atoms with Crippen LogP contribution >= 0.6 is 0 Å². The Balaban J connectivity index is 4.49. The van der Waals surface area contributed by atoms with Gasteiger partial charge in [0.15, 0.2) is 5.96 Å². The highest BCUT2D eigenvalue weighted by molar-refractivity contribution is 5.79. The second-order valence-corrected chi connectivity index (χ2v) is 5.61. The highest BCUT2D eigenvalue weighted by atomic mass is 16.5.